The van der Waals surface area contributed by atoms with Crippen molar-refractivity contribution < 1.29 is 4.79 Å². The predicted octanol–water partition coefficient (Wildman–Crippen LogP) is 0.961. The number of carbonyl (C=O) groups excluding carboxylic acids is 1. The average molecular weight is 259 g/mol. The molecular weight excluding hydrogens is 242 g/mol. The second-order valence-electron chi connectivity index (χ2n) is 5.15. The molecule has 0 N–H and O–H groups in total. The average Bonchev–Trinajstić information content (AvgIpc) is 3.23. The first-order chi connectivity index (χ1) is 9.09. The molecule has 0 unspecified atom stereocenters. The van der Waals surface area contributed by atoms with E-state index >= 15 is 0 Å². The number of nitrogens with zero attached hydrogens (tertiary/aromatic N) is 3. The van der Waals surface area contributed by atoms with E-state index < -0.39 is 0 Å². The van der Waals surface area contributed by atoms with Crippen molar-refractivity contribution >= 4 is 16.9 Å². The molecule has 5 nitrogen and oxygen atoms in total. The molecule has 100 valence electrons. The lowest BCUT2D eigenvalue weighted by Crippen LogP contribution is -2.35. The number of carbonyl (C=O) groups is 1. The van der Waals surface area contributed by atoms with Gasteiger partial charge in [-0.05, 0) is 25.0 Å². The summed E-state index contributed by atoms with van der Waals surface area (Å²) in [6, 6.07) is 7.92. The standard InChI is InChI=1S/C14H17N3O2/c1-15(10-7-8-10)13(18)9-17-12-6-4-3-5-11(12)16(2)14(17)19/h3-6,10H,7-9H2,1-2H3. The number of hydrogen-bond donors (Lipinski definition) is 0. The van der Waals surface area contributed by atoms with Crippen LogP contribution in [0.25, 0.3) is 11.0 Å². The van der Waals surface area contributed by atoms with Gasteiger partial charge in [0.05, 0.1) is 11.0 Å². The summed E-state index contributed by atoms with van der Waals surface area (Å²) in [5, 5.41) is 0. The summed E-state index contributed by atoms with van der Waals surface area (Å²) in [7, 11) is 3.55. The van der Waals surface area contributed by atoms with E-state index in [0.29, 0.717) is 6.04 Å². The van der Waals surface area contributed by atoms with Gasteiger partial charge < -0.3 is 4.90 Å². The molecule has 0 spiro atoms. The molecule has 3 rings (SSSR count). The van der Waals surface area contributed by atoms with E-state index in [9.17, 15) is 9.59 Å². The first-order valence-corrected chi connectivity index (χ1v) is 6.49. The Morgan fingerprint density at radius 1 is 1.32 bits per heavy atom. The number of amides is 1. The maximum absolute atomic E-state index is 12.2. The largest absolute Gasteiger partial charge is 0.341 e. The van der Waals surface area contributed by atoms with Gasteiger partial charge in [0.15, 0.2) is 0 Å². The Bertz CT molecular complexity index is 694. The number of aromatic nitrogens is 2. The molecule has 0 atom stereocenters. The van der Waals surface area contributed by atoms with Crippen molar-refractivity contribution in [3.63, 3.8) is 0 Å². The zero-order valence-corrected chi connectivity index (χ0v) is 11.2. The number of aryl methyl sites for hydroxylation is 1. The Morgan fingerprint density at radius 2 is 1.95 bits per heavy atom. The zero-order valence-electron chi connectivity index (χ0n) is 11.2. The van der Waals surface area contributed by atoms with Gasteiger partial charge in [0, 0.05) is 20.1 Å². The van der Waals surface area contributed by atoms with Gasteiger partial charge in [-0.1, -0.05) is 12.1 Å². The molecular formula is C14H17N3O2. The van der Waals surface area contributed by atoms with Crippen LogP contribution in [0, 0.1) is 0 Å². The number of para-hydroxylation sites is 2. The Morgan fingerprint density at radius 3 is 2.58 bits per heavy atom. The van der Waals surface area contributed by atoms with E-state index in [4.69, 9.17) is 0 Å². The van der Waals surface area contributed by atoms with E-state index in [-0.39, 0.29) is 18.1 Å². The van der Waals surface area contributed by atoms with Gasteiger partial charge in [0.2, 0.25) is 5.91 Å². The van der Waals surface area contributed by atoms with Gasteiger partial charge in [0.25, 0.3) is 0 Å². The second-order valence-corrected chi connectivity index (χ2v) is 5.15. The molecule has 1 aromatic carbocycles. The lowest BCUT2D eigenvalue weighted by atomic mass is 10.3. The third kappa shape index (κ3) is 1.95. The summed E-state index contributed by atoms with van der Waals surface area (Å²) < 4.78 is 3.14. The van der Waals surface area contributed by atoms with Crippen LogP contribution in [-0.4, -0.2) is 33.0 Å². The summed E-state index contributed by atoms with van der Waals surface area (Å²) >= 11 is 0. The molecule has 1 fully saturated rings. The van der Waals surface area contributed by atoms with Crippen LogP contribution in [0.3, 0.4) is 0 Å². The van der Waals surface area contributed by atoms with Gasteiger partial charge in [-0.25, -0.2) is 4.79 Å². The van der Waals surface area contributed by atoms with Crippen molar-refractivity contribution in [2.45, 2.75) is 25.4 Å². The van der Waals surface area contributed by atoms with E-state index in [2.05, 4.69) is 0 Å². The quantitative estimate of drug-likeness (QED) is 0.824. The van der Waals surface area contributed by atoms with Crippen molar-refractivity contribution in [3.8, 4) is 0 Å². The molecule has 2 aromatic rings. The highest BCUT2D eigenvalue weighted by Crippen LogP contribution is 2.25. The maximum Gasteiger partial charge on any atom is 0.329 e. The summed E-state index contributed by atoms with van der Waals surface area (Å²) in [6.45, 7) is 0.118. The molecule has 1 heterocycles. The van der Waals surface area contributed by atoms with E-state index in [0.717, 1.165) is 23.9 Å². The predicted molar refractivity (Wildman–Crippen MR) is 73.0 cm³/mol. The van der Waals surface area contributed by atoms with Crippen LogP contribution in [-0.2, 0) is 18.4 Å². The number of fused-ring (bicyclic) bond motifs is 1. The van der Waals surface area contributed by atoms with Gasteiger partial charge in [0.1, 0.15) is 6.54 Å². The zero-order chi connectivity index (χ0) is 13.6. The van der Waals surface area contributed by atoms with E-state index in [1.807, 2.05) is 31.3 Å². The third-order valence-corrected chi connectivity index (χ3v) is 3.83. The Hall–Kier alpha value is -2.04. The summed E-state index contributed by atoms with van der Waals surface area (Å²) in [5.74, 6) is 0.000882. The number of benzene rings is 1. The lowest BCUT2D eigenvalue weighted by molar-refractivity contribution is -0.131. The van der Waals surface area contributed by atoms with Crippen LogP contribution in [0.5, 0.6) is 0 Å². The van der Waals surface area contributed by atoms with E-state index in [1.54, 1.807) is 21.1 Å². The molecule has 0 aliphatic heterocycles. The molecule has 5 heteroatoms. The minimum Gasteiger partial charge on any atom is -0.341 e. The highest BCUT2D eigenvalue weighted by molar-refractivity contribution is 5.81. The minimum atomic E-state index is -0.140. The molecule has 19 heavy (non-hydrogen) atoms. The minimum absolute atomic E-state index is 0.000882. The van der Waals surface area contributed by atoms with E-state index in [1.165, 1.54) is 0 Å². The third-order valence-electron chi connectivity index (χ3n) is 3.83. The molecule has 1 aromatic heterocycles. The van der Waals surface area contributed by atoms with Crippen molar-refractivity contribution in [2.75, 3.05) is 7.05 Å². The monoisotopic (exact) mass is 259 g/mol. The van der Waals surface area contributed by atoms with Crippen molar-refractivity contribution in [1.82, 2.24) is 14.0 Å². The van der Waals surface area contributed by atoms with Crippen LogP contribution < -0.4 is 5.69 Å². The van der Waals surface area contributed by atoms with Crippen LogP contribution >= 0.6 is 0 Å². The fourth-order valence-corrected chi connectivity index (χ4v) is 2.43. The fourth-order valence-electron chi connectivity index (χ4n) is 2.43. The summed E-state index contributed by atoms with van der Waals surface area (Å²) in [5.41, 5.74) is 1.53. The first kappa shape index (κ1) is 12.0. The van der Waals surface area contributed by atoms with Crippen molar-refractivity contribution in [1.29, 1.82) is 0 Å². The van der Waals surface area contributed by atoms with Gasteiger partial charge in [-0.2, -0.15) is 0 Å². The highest BCUT2D eigenvalue weighted by atomic mass is 16.2. The Balaban J connectivity index is 1.98. The molecule has 1 saturated carbocycles. The van der Waals surface area contributed by atoms with Crippen molar-refractivity contribution in [3.05, 3.63) is 34.7 Å². The fraction of sp³-hybridized carbons (Fsp3) is 0.429. The van der Waals surface area contributed by atoms with Gasteiger partial charge >= 0.3 is 5.69 Å². The molecule has 1 aliphatic rings. The molecule has 0 saturated heterocycles. The van der Waals surface area contributed by atoms with Crippen LogP contribution in [0.4, 0.5) is 0 Å². The maximum atomic E-state index is 12.2. The molecule has 0 bridgehead atoms. The van der Waals surface area contributed by atoms with Gasteiger partial charge in [-0.15, -0.1) is 0 Å². The molecule has 0 radical (unpaired) electrons. The van der Waals surface area contributed by atoms with Crippen LogP contribution in [0.1, 0.15) is 12.8 Å². The lowest BCUT2D eigenvalue weighted by Gasteiger charge is -2.16. The Kier molecular flexibility index (Phi) is 2.69. The molecule has 1 amide bonds. The number of hydrogen-bond acceptors (Lipinski definition) is 2. The topological polar surface area (TPSA) is 47.2 Å². The van der Waals surface area contributed by atoms with Crippen LogP contribution in [0.15, 0.2) is 29.1 Å². The normalized spacial score (nSPS) is 14.8. The number of likely N-dealkylation sites (N-methyl/N-ethyl adjacent to an activating group) is 1. The number of rotatable bonds is 3. The first-order valence-electron chi connectivity index (χ1n) is 6.49. The Labute approximate surface area is 111 Å². The summed E-state index contributed by atoms with van der Waals surface area (Å²) in [6.07, 6.45) is 2.15. The molecule has 1 aliphatic carbocycles. The second kappa shape index (κ2) is 4.26. The highest BCUT2D eigenvalue weighted by Gasteiger charge is 2.30. The smallest absolute Gasteiger partial charge is 0.329 e. The van der Waals surface area contributed by atoms with Crippen molar-refractivity contribution in [2.24, 2.45) is 7.05 Å². The van der Waals surface area contributed by atoms with Gasteiger partial charge in [-0.3, -0.25) is 13.9 Å². The SMILES string of the molecule is CN(C(=O)Cn1c(=O)n(C)c2ccccc21)C1CC1. The summed E-state index contributed by atoms with van der Waals surface area (Å²) in [4.78, 5) is 26.1. The van der Waals surface area contributed by atoms with Crippen LogP contribution in [0.2, 0.25) is 0 Å². The number of imidazole rings is 1.